The van der Waals surface area contributed by atoms with Crippen LogP contribution < -0.4 is 10.6 Å². The van der Waals surface area contributed by atoms with E-state index in [0.717, 1.165) is 17.7 Å². The van der Waals surface area contributed by atoms with Gasteiger partial charge in [-0.2, -0.15) is 0 Å². The summed E-state index contributed by atoms with van der Waals surface area (Å²) in [6.07, 6.45) is 0.773. The first-order valence-electron chi connectivity index (χ1n) is 6.41. The third-order valence-electron chi connectivity index (χ3n) is 3.11. The van der Waals surface area contributed by atoms with E-state index in [1.165, 1.54) is 6.07 Å². The van der Waals surface area contributed by atoms with Crippen molar-refractivity contribution in [3.63, 3.8) is 0 Å². The van der Waals surface area contributed by atoms with Gasteiger partial charge >= 0.3 is 0 Å². The van der Waals surface area contributed by atoms with Crippen molar-refractivity contribution in [1.82, 2.24) is 0 Å². The maximum Gasteiger partial charge on any atom is 0.146 e. The summed E-state index contributed by atoms with van der Waals surface area (Å²) in [4.78, 5) is 1.87. The van der Waals surface area contributed by atoms with Gasteiger partial charge in [-0.1, -0.05) is 30.3 Å². The second-order valence-corrected chi connectivity index (χ2v) is 4.82. The van der Waals surface area contributed by atoms with Crippen LogP contribution in [0.2, 0.25) is 0 Å². The molecule has 0 saturated heterocycles. The van der Waals surface area contributed by atoms with Gasteiger partial charge in [-0.15, -0.1) is 0 Å². The van der Waals surface area contributed by atoms with E-state index in [9.17, 15) is 4.39 Å². The van der Waals surface area contributed by atoms with Crippen molar-refractivity contribution in [2.75, 3.05) is 11.9 Å². The SMILES string of the molecule is CC(N)Cc1ccccc1N(C)c1ccccc1F. The molecule has 2 nitrogen and oxygen atoms in total. The zero-order valence-corrected chi connectivity index (χ0v) is 11.3. The number of hydrogen-bond donors (Lipinski definition) is 1. The molecule has 0 fully saturated rings. The molecule has 1 atom stereocenters. The van der Waals surface area contributed by atoms with Gasteiger partial charge in [-0.25, -0.2) is 4.39 Å². The average molecular weight is 258 g/mol. The van der Waals surface area contributed by atoms with Crippen molar-refractivity contribution in [3.05, 3.63) is 59.9 Å². The molecule has 0 spiro atoms. The fraction of sp³-hybridized carbons (Fsp3) is 0.250. The lowest BCUT2D eigenvalue weighted by atomic mass is 10.0. The highest BCUT2D eigenvalue weighted by molar-refractivity contribution is 5.66. The Morgan fingerprint density at radius 3 is 2.26 bits per heavy atom. The van der Waals surface area contributed by atoms with Gasteiger partial charge < -0.3 is 10.6 Å². The first kappa shape index (κ1) is 13.6. The normalized spacial score (nSPS) is 12.2. The summed E-state index contributed by atoms with van der Waals surface area (Å²) in [6, 6.07) is 14.8. The Balaban J connectivity index is 2.39. The zero-order valence-electron chi connectivity index (χ0n) is 11.3. The number of benzene rings is 2. The summed E-state index contributed by atoms with van der Waals surface area (Å²) in [5, 5.41) is 0. The molecule has 0 heterocycles. The summed E-state index contributed by atoms with van der Waals surface area (Å²) >= 11 is 0. The Morgan fingerprint density at radius 1 is 1.05 bits per heavy atom. The van der Waals surface area contributed by atoms with E-state index in [4.69, 9.17) is 5.73 Å². The average Bonchev–Trinajstić information content (AvgIpc) is 2.38. The second kappa shape index (κ2) is 5.85. The summed E-state index contributed by atoms with van der Waals surface area (Å²) in [5.41, 5.74) is 8.56. The van der Waals surface area contributed by atoms with Crippen LogP contribution in [-0.4, -0.2) is 13.1 Å². The monoisotopic (exact) mass is 258 g/mol. The van der Waals surface area contributed by atoms with Crippen LogP contribution >= 0.6 is 0 Å². The fourth-order valence-electron chi connectivity index (χ4n) is 2.21. The van der Waals surface area contributed by atoms with Crippen LogP contribution in [0.15, 0.2) is 48.5 Å². The topological polar surface area (TPSA) is 29.3 Å². The molecule has 0 aliphatic carbocycles. The Kier molecular flexibility index (Phi) is 4.17. The minimum atomic E-state index is -0.222. The van der Waals surface area contributed by atoms with E-state index < -0.39 is 0 Å². The predicted molar refractivity (Wildman–Crippen MR) is 78.3 cm³/mol. The minimum absolute atomic E-state index is 0.0789. The lowest BCUT2D eigenvalue weighted by molar-refractivity contribution is 0.627. The molecule has 3 heteroatoms. The Bertz CT molecular complexity index is 552. The first-order chi connectivity index (χ1) is 9.09. The van der Waals surface area contributed by atoms with Gasteiger partial charge in [0.2, 0.25) is 0 Å². The van der Waals surface area contributed by atoms with Gasteiger partial charge in [0.05, 0.1) is 5.69 Å². The van der Waals surface area contributed by atoms with E-state index in [2.05, 4.69) is 0 Å². The summed E-state index contributed by atoms with van der Waals surface area (Å²) < 4.78 is 13.9. The molecule has 2 aromatic carbocycles. The third kappa shape index (κ3) is 3.12. The van der Waals surface area contributed by atoms with Crippen LogP contribution in [0.25, 0.3) is 0 Å². The van der Waals surface area contributed by atoms with Crippen molar-refractivity contribution in [1.29, 1.82) is 0 Å². The number of anilines is 2. The standard InChI is InChI=1S/C16H19FN2/c1-12(18)11-13-7-3-5-9-15(13)19(2)16-10-6-4-8-14(16)17/h3-10,12H,11,18H2,1-2H3. The fourth-order valence-corrected chi connectivity index (χ4v) is 2.21. The molecule has 0 aliphatic heterocycles. The van der Waals surface area contributed by atoms with Gasteiger partial charge in [-0.3, -0.25) is 0 Å². The highest BCUT2D eigenvalue weighted by Crippen LogP contribution is 2.29. The lowest BCUT2D eigenvalue weighted by Crippen LogP contribution is -2.20. The van der Waals surface area contributed by atoms with Crippen molar-refractivity contribution >= 4 is 11.4 Å². The van der Waals surface area contributed by atoms with Crippen LogP contribution in [0, 0.1) is 5.82 Å². The van der Waals surface area contributed by atoms with Crippen molar-refractivity contribution in [2.45, 2.75) is 19.4 Å². The lowest BCUT2D eigenvalue weighted by Gasteiger charge is -2.23. The van der Waals surface area contributed by atoms with Gasteiger partial charge in [0.25, 0.3) is 0 Å². The van der Waals surface area contributed by atoms with Gasteiger partial charge in [-0.05, 0) is 37.1 Å². The number of hydrogen-bond acceptors (Lipinski definition) is 2. The Morgan fingerprint density at radius 2 is 1.63 bits per heavy atom. The molecule has 0 amide bonds. The van der Waals surface area contributed by atoms with E-state index in [1.54, 1.807) is 12.1 Å². The number of halogens is 1. The van der Waals surface area contributed by atoms with E-state index in [1.807, 2.05) is 49.2 Å². The number of para-hydroxylation sites is 2. The molecule has 0 aromatic heterocycles. The zero-order chi connectivity index (χ0) is 13.8. The second-order valence-electron chi connectivity index (χ2n) is 4.82. The highest BCUT2D eigenvalue weighted by atomic mass is 19.1. The third-order valence-corrected chi connectivity index (χ3v) is 3.11. The quantitative estimate of drug-likeness (QED) is 0.909. The van der Waals surface area contributed by atoms with Crippen LogP contribution in [0.4, 0.5) is 15.8 Å². The molecule has 2 rings (SSSR count). The molecule has 2 N–H and O–H groups in total. The molecule has 2 aromatic rings. The van der Waals surface area contributed by atoms with E-state index in [-0.39, 0.29) is 11.9 Å². The molecular formula is C16H19FN2. The maximum absolute atomic E-state index is 13.9. The van der Waals surface area contributed by atoms with Crippen molar-refractivity contribution in [3.8, 4) is 0 Å². The molecule has 1 unspecified atom stereocenters. The summed E-state index contributed by atoms with van der Waals surface area (Å²) in [7, 11) is 1.87. The molecule has 0 radical (unpaired) electrons. The van der Waals surface area contributed by atoms with Crippen LogP contribution in [0.5, 0.6) is 0 Å². The highest BCUT2D eigenvalue weighted by Gasteiger charge is 2.12. The molecule has 0 bridgehead atoms. The largest absolute Gasteiger partial charge is 0.342 e. The molecule has 0 saturated carbocycles. The van der Waals surface area contributed by atoms with Crippen LogP contribution in [-0.2, 0) is 6.42 Å². The van der Waals surface area contributed by atoms with Crippen molar-refractivity contribution in [2.24, 2.45) is 5.73 Å². The first-order valence-corrected chi connectivity index (χ1v) is 6.41. The number of nitrogens with zero attached hydrogens (tertiary/aromatic N) is 1. The van der Waals surface area contributed by atoms with Crippen LogP contribution in [0.3, 0.4) is 0 Å². The molecule has 100 valence electrons. The molecule has 19 heavy (non-hydrogen) atoms. The number of nitrogens with two attached hydrogens (primary N) is 1. The van der Waals surface area contributed by atoms with Crippen molar-refractivity contribution < 1.29 is 4.39 Å². The van der Waals surface area contributed by atoms with E-state index in [0.29, 0.717) is 5.69 Å². The predicted octanol–water partition coefficient (Wildman–Crippen LogP) is 3.48. The smallest absolute Gasteiger partial charge is 0.146 e. The Hall–Kier alpha value is -1.87. The molecule has 0 aliphatic rings. The van der Waals surface area contributed by atoms with Gasteiger partial charge in [0.1, 0.15) is 5.82 Å². The number of rotatable bonds is 4. The van der Waals surface area contributed by atoms with Gasteiger partial charge in [0.15, 0.2) is 0 Å². The van der Waals surface area contributed by atoms with E-state index >= 15 is 0 Å². The van der Waals surface area contributed by atoms with Gasteiger partial charge in [0, 0.05) is 18.8 Å². The molecular weight excluding hydrogens is 239 g/mol. The maximum atomic E-state index is 13.9. The summed E-state index contributed by atoms with van der Waals surface area (Å²) in [5.74, 6) is -0.222. The summed E-state index contributed by atoms with van der Waals surface area (Å²) in [6.45, 7) is 1.97. The Labute approximate surface area is 113 Å². The van der Waals surface area contributed by atoms with Crippen LogP contribution in [0.1, 0.15) is 12.5 Å². The minimum Gasteiger partial charge on any atom is -0.342 e.